The highest BCUT2D eigenvalue weighted by molar-refractivity contribution is 7.88. The number of nitrogens with zero attached hydrogens (tertiary/aromatic N) is 5. The van der Waals surface area contributed by atoms with Crippen LogP contribution < -0.4 is 20.3 Å². The van der Waals surface area contributed by atoms with E-state index < -0.39 is 30.8 Å². The maximum Gasteiger partial charge on any atom is 0.425 e. The summed E-state index contributed by atoms with van der Waals surface area (Å²) in [6.07, 6.45) is 1.08. The number of rotatable bonds is 10. The molecular formula is C22H40N8O8S3. The molecule has 0 amide bonds. The third-order valence-electron chi connectivity index (χ3n) is 4.89. The van der Waals surface area contributed by atoms with E-state index in [0.717, 1.165) is 39.0 Å². The summed E-state index contributed by atoms with van der Waals surface area (Å²) in [5.41, 5.74) is 0.364. The van der Waals surface area contributed by atoms with Gasteiger partial charge in [-0.15, -0.1) is 12.6 Å². The van der Waals surface area contributed by atoms with Crippen LogP contribution in [0.25, 0.3) is 0 Å². The summed E-state index contributed by atoms with van der Waals surface area (Å²) in [5, 5.41) is 5.92. The molecule has 1 aliphatic heterocycles. The zero-order valence-corrected chi connectivity index (χ0v) is 26.5. The van der Waals surface area contributed by atoms with E-state index in [-0.39, 0.29) is 29.9 Å². The van der Waals surface area contributed by atoms with Gasteiger partial charge < -0.3 is 20.4 Å². The highest BCUT2D eigenvalue weighted by atomic mass is 32.2. The first-order valence-corrected chi connectivity index (χ1v) is 17.1. The van der Waals surface area contributed by atoms with Gasteiger partial charge in [0.1, 0.15) is 0 Å². The largest absolute Gasteiger partial charge is 0.425 e. The fraction of sp³-hybridized carbons (Fsp3) is 0.591. The Hall–Kier alpha value is -2.97. The van der Waals surface area contributed by atoms with Crippen LogP contribution in [0.5, 0.6) is 0 Å². The molecule has 0 radical (unpaired) electrons. The second-order valence-corrected chi connectivity index (χ2v) is 11.3. The fourth-order valence-electron chi connectivity index (χ4n) is 3.18. The monoisotopic (exact) mass is 640 g/mol. The summed E-state index contributed by atoms with van der Waals surface area (Å²) in [6, 6.07) is 5.63. The van der Waals surface area contributed by atoms with Crippen molar-refractivity contribution in [2.75, 3.05) is 67.6 Å². The summed E-state index contributed by atoms with van der Waals surface area (Å²) < 4.78 is 82.4. The molecular weight excluding hydrogens is 600 g/mol. The summed E-state index contributed by atoms with van der Waals surface area (Å²) >= 11 is 0. The lowest BCUT2D eigenvalue weighted by Crippen LogP contribution is -2.46. The van der Waals surface area contributed by atoms with Gasteiger partial charge in [-0.3, -0.25) is 4.55 Å². The zero-order chi connectivity index (χ0) is 31.6. The molecule has 2 heterocycles. The molecule has 0 aliphatic carbocycles. The molecule has 0 spiro atoms. The Labute approximate surface area is 243 Å². The average Bonchev–Trinajstić information content (AvgIpc) is 2.92. The van der Waals surface area contributed by atoms with Gasteiger partial charge in [0, 0.05) is 45.0 Å². The van der Waals surface area contributed by atoms with E-state index in [0.29, 0.717) is 11.6 Å². The van der Waals surface area contributed by atoms with Crippen LogP contribution in [0, 0.1) is 0 Å². The minimum absolute atomic E-state index is 0.147. The number of benzene rings is 1. The highest BCUT2D eigenvalue weighted by Gasteiger charge is 2.20. The highest BCUT2D eigenvalue weighted by Crippen LogP contribution is 2.21. The van der Waals surface area contributed by atoms with E-state index in [1.54, 1.807) is 6.07 Å². The summed E-state index contributed by atoms with van der Waals surface area (Å²) in [5.74, 6) is 0.846. The molecule has 1 aromatic carbocycles. The lowest BCUT2D eigenvalue weighted by molar-refractivity contribution is 0.270. The molecule has 1 saturated heterocycles. The van der Waals surface area contributed by atoms with Gasteiger partial charge in [-0.05, 0) is 24.7 Å². The molecule has 0 bridgehead atoms. The van der Waals surface area contributed by atoms with Crippen molar-refractivity contribution >= 4 is 54.3 Å². The molecule has 3 rings (SSSR count). The van der Waals surface area contributed by atoms with Crippen molar-refractivity contribution in [3.63, 3.8) is 0 Å². The number of likely N-dealkylation sites (N-methyl/N-ethyl adjacent to an activating group) is 1. The van der Waals surface area contributed by atoms with Gasteiger partial charge in [-0.1, -0.05) is 40.7 Å². The van der Waals surface area contributed by atoms with Gasteiger partial charge in [0.2, 0.25) is 27.9 Å². The molecule has 1 fully saturated rings. The predicted molar refractivity (Wildman–Crippen MR) is 157 cm³/mol. The molecule has 234 valence electrons. The molecule has 1 aliphatic rings. The van der Waals surface area contributed by atoms with Crippen LogP contribution >= 0.6 is 0 Å². The van der Waals surface area contributed by atoms with Crippen molar-refractivity contribution in [2.45, 2.75) is 39.5 Å². The van der Waals surface area contributed by atoms with E-state index in [1.165, 1.54) is 18.2 Å². The van der Waals surface area contributed by atoms with Gasteiger partial charge in [-0.2, -0.15) is 23.4 Å². The number of sulfonamides is 1. The summed E-state index contributed by atoms with van der Waals surface area (Å²) in [4.78, 5) is 17.3. The Morgan fingerprint density at radius 3 is 1.98 bits per heavy atom. The van der Waals surface area contributed by atoms with Crippen LogP contribution in [0.15, 0.2) is 29.2 Å². The van der Waals surface area contributed by atoms with Crippen LogP contribution in [0.4, 0.5) is 23.5 Å². The van der Waals surface area contributed by atoms with Crippen molar-refractivity contribution in [1.29, 1.82) is 0 Å². The average molecular weight is 641 g/mol. The smallest absolute Gasteiger partial charge is 0.353 e. The number of hydrogen-bond acceptors (Lipinski definition) is 14. The predicted octanol–water partition coefficient (Wildman–Crippen LogP) is 1.01. The minimum atomic E-state index is -4.36. The van der Waals surface area contributed by atoms with Crippen LogP contribution in [0.3, 0.4) is 0 Å². The van der Waals surface area contributed by atoms with E-state index in [2.05, 4.69) is 42.1 Å². The Morgan fingerprint density at radius 1 is 0.902 bits per heavy atom. The topological polar surface area (TPSA) is 221 Å². The van der Waals surface area contributed by atoms with Crippen molar-refractivity contribution in [2.24, 2.45) is 0 Å². The van der Waals surface area contributed by atoms with Crippen LogP contribution in [0.2, 0.25) is 0 Å². The van der Waals surface area contributed by atoms with Gasteiger partial charge in [0.15, 0.2) is 0 Å². The normalized spacial score (nSPS) is 13.3. The number of aromatic nitrogens is 3. The fourth-order valence-corrected chi connectivity index (χ4v) is 4.18. The second kappa shape index (κ2) is 19.2. The SMILES string of the molecule is CC.CC.CCN1CCN(c2nc(NCCNS(C)(=O)=O)nc(Nc3cccc(S(=O)(=O)O)c3)n2)CC1.O=S(=O)=O. The van der Waals surface area contributed by atoms with Gasteiger partial charge in [0.05, 0.1) is 11.2 Å². The molecule has 0 saturated carbocycles. The molecule has 16 nitrogen and oxygen atoms in total. The molecule has 0 atom stereocenters. The summed E-state index contributed by atoms with van der Waals surface area (Å²) in [7, 11) is -10.8. The number of nitrogens with one attached hydrogen (secondary N) is 3. The number of anilines is 4. The van der Waals surface area contributed by atoms with E-state index in [4.69, 9.17) is 12.6 Å². The zero-order valence-electron chi connectivity index (χ0n) is 24.0. The third kappa shape index (κ3) is 16.2. The van der Waals surface area contributed by atoms with Crippen molar-refractivity contribution in [3.8, 4) is 0 Å². The van der Waals surface area contributed by atoms with Gasteiger partial charge in [0.25, 0.3) is 10.1 Å². The van der Waals surface area contributed by atoms with Gasteiger partial charge in [-0.25, -0.2) is 13.1 Å². The molecule has 4 N–H and O–H groups in total. The Bertz CT molecular complexity index is 1380. The first kappa shape index (κ1) is 38.0. The standard InChI is InChI=1S/C18H28N8O5S2.2C2H6.O3S/c1-3-25-9-11-26(12-10-25)18-23-16(19-7-8-20-32(2,27)28)22-17(24-18)21-14-5-4-6-15(13-14)33(29,30)31;2*1-2;1-4(2)3/h4-6,13,20H,3,7-12H2,1-2H3,(H,29,30,31)(H2,19,21,22,23,24);2*1-2H3;. The van der Waals surface area contributed by atoms with Crippen LogP contribution in [-0.4, -0.2) is 106 Å². The first-order valence-electron chi connectivity index (χ1n) is 12.8. The molecule has 1 aromatic heterocycles. The van der Waals surface area contributed by atoms with Crippen molar-refractivity contribution in [1.82, 2.24) is 24.6 Å². The van der Waals surface area contributed by atoms with Crippen molar-refractivity contribution in [3.05, 3.63) is 24.3 Å². The van der Waals surface area contributed by atoms with E-state index in [1.807, 2.05) is 32.6 Å². The van der Waals surface area contributed by atoms with Crippen LogP contribution in [0.1, 0.15) is 34.6 Å². The third-order valence-corrected chi connectivity index (χ3v) is 6.46. The minimum Gasteiger partial charge on any atom is -0.353 e. The molecule has 2 aromatic rings. The number of hydrogen-bond donors (Lipinski definition) is 4. The summed E-state index contributed by atoms with van der Waals surface area (Å²) in [6.45, 7) is 14.6. The quantitative estimate of drug-likeness (QED) is 0.210. The van der Waals surface area contributed by atoms with Crippen molar-refractivity contribution < 1.29 is 34.0 Å². The second-order valence-electron chi connectivity index (χ2n) is 7.63. The van der Waals surface area contributed by atoms with Gasteiger partial charge >= 0.3 is 10.6 Å². The maximum absolute atomic E-state index is 11.4. The Morgan fingerprint density at radius 2 is 1.46 bits per heavy atom. The number of piperazine rings is 1. The van der Waals surface area contributed by atoms with E-state index in [9.17, 15) is 21.4 Å². The lowest BCUT2D eigenvalue weighted by Gasteiger charge is -2.34. The Kier molecular flexibility index (Phi) is 17.8. The lowest BCUT2D eigenvalue weighted by atomic mass is 10.3. The molecule has 41 heavy (non-hydrogen) atoms. The first-order chi connectivity index (χ1) is 19.3. The van der Waals surface area contributed by atoms with Crippen LogP contribution in [-0.2, 0) is 30.8 Å². The molecule has 0 unspecified atom stereocenters. The molecule has 19 heteroatoms. The Balaban J connectivity index is 0.00000180. The maximum atomic E-state index is 11.4. The van der Waals surface area contributed by atoms with E-state index >= 15 is 0 Å².